The van der Waals surface area contributed by atoms with Gasteiger partial charge in [-0.15, -0.1) is 0 Å². The topological polar surface area (TPSA) is 43.1 Å². The van der Waals surface area contributed by atoms with Crippen LogP contribution in [0.15, 0.2) is 72.8 Å². The van der Waals surface area contributed by atoms with E-state index >= 15 is 0 Å². The van der Waals surface area contributed by atoms with Gasteiger partial charge in [0, 0.05) is 22.4 Å². The van der Waals surface area contributed by atoms with Crippen molar-refractivity contribution in [3.63, 3.8) is 0 Å². The van der Waals surface area contributed by atoms with Crippen molar-refractivity contribution in [2.45, 2.75) is 0 Å². The van der Waals surface area contributed by atoms with Crippen LogP contribution < -0.4 is 5.73 Å². The van der Waals surface area contributed by atoms with Crippen LogP contribution in [0.1, 0.15) is 15.9 Å². The Bertz CT molecular complexity index is 811. The molecule has 0 unspecified atom stereocenters. The average Bonchev–Trinajstić information content (AvgIpc) is 2.57. The molecule has 0 heterocycles. The molecule has 0 saturated heterocycles. The number of halogens is 1. The van der Waals surface area contributed by atoms with E-state index in [4.69, 9.17) is 5.73 Å². The largest absolute Gasteiger partial charge is 0.398 e. The normalized spacial score (nSPS) is 10.4. The third-order valence-electron chi connectivity index (χ3n) is 3.51. The Hall–Kier alpha value is -2.94. The number of hydrogen-bond acceptors (Lipinski definition) is 2. The van der Waals surface area contributed by atoms with Crippen LogP contribution in [0.2, 0.25) is 0 Å². The number of benzene rings is 3. The Kier molecular flexibility index (Phi) is 3.71. The minimum absolute atomic E-state index is 0.0423. The molecule has 3 heteroatoms. The molecule has 0 bridgehead atoms. The molecule has 0 aliphatic carbocycles. The SMILES string of the molecule is Nc1ccc(F)cc1-c1ccc(C(=O)c2ccccc2)cc1. The summed E-state index contributed by atoms with van der Waals surface area (Å²) in [6.45, 7) is 0. The van der Waals surface area contributed by atoms with Crippen molar-refractivity contribution in [3.8, 4) is 11.1 Å². The first kappa shape index (κ1) is 14.0. The van der Waals surface area contributed by atoms with Gasteiger partial charge in [-0.25, -0.2) is 4.39 Å². The van der Waals surface area contributed by atoms with Gasteiger partial charge in [0.15, 0.2) is 5.78 Å². The number of hydrogen-bond donors (Lipinski definition) is 1. The molecule has 0 aliphatic rings. The van der Waals surface area contributed by atoms with Gasteiger partial charge in [0.2, 0.25) is 0 Å². The lowest BCUT2D eigenvalue weighted by Crippen LogP contribution is -2.00. The van der Waals surface area contributed by atoms with Gasteiger partial charge in [0.05, 0.1) is 0 Å². The van der Waals surface area contributed by atoms with E-state index in [9.17, 15) is 9.18 Å². The fraction of sp³-hybridized carbons (Fsp3) is 0. The van der Waals surface area contributed by atoms with Crippen molar-refractivity contribution in [2.75, 3.05) is 5.73 Å². The van der Waals surface area contributed by atoms with Crippen molar-refractivity contribution in [2.24, 2.45) is 0 Å². The molecule has 0 fully saturated rings. The minimum atomic E-state index is -0.339. The number of anilines is 1. The number of ketones is 1. The maximum absolute atomic E-state index is 13.4. The maximum atomic E-state index is 13.4. The summed E-state index contributed by atoms with van der Waals surface area (Å²) in [5.41, 5.74) is 9.01. The summed E-state index contributed by atoms with van der Waals surface area (Å²) in [5.74, 6) is -0.381. The lowest BCUT2D eigenvalue weighted by Gasteiger charge is -2.07. The fourth-order valence-electron chi connectivity index (χ4n) is 2.34. The second-order valence-electron chi connectivity index (χ2n) is 5.00. The average molecular weight is 291 g/mol. The standard InChI is InChI=1S/C19H14FNO/c20-16-10-11-18(21)17(12-16)13-6-8-15(9-7-13)19(22)14-4-2-1-3-5-14/h1-12H,21H2. The first-order valence-corrected chi connectivity index (χ1v) is 6.90. The Morgan fingerprint density at radius 3 is 2.14 bits per heavy atom. The van der Waals surface area contributed by atoms with E-state index in [1.807, 2.05) is 18.2 Å². The maximum Gasteiger partial charge on any atom is 0.193 e. The van der Waals surface area contributed by atoms with E-state index < -0.39 is 0 Å². The molecule has 3 aromatic carbocycles. The molecule has 0 saturated carbocycles. The van der Waals surface area contributed by atoms with Crippen molar-refractivity contribution in [1.82, 2.24) is 0 Å². The molecule has 108 valence electrons. The van der Waals surface area contributed by atoms with Crippen LogP contribution in [0.25, 0.3) is 11.1 Å². The van der Waals surface area contributed by atoms with Crippen LogP contribution >= 0.6 is 0 Å². The molecule has 0 aromatic heterocycles. The zero-order valence-electron chi connectivity index (χ0n) is 11.8. The third kappa shape index (κ3) is 2.74. The number of carbonyl (C=O) groups is 1. The predicted molar refractivity (Wildman–Crippen MR) is 86.1 cm³/mol. The summed E-state index contributed by atoms with van der Waals surface area (Å²) in [6, 6.07) is 20.4. The number of rotatable bonds is 3. The van der Waals surface area contributed by atoms with Crippen molar-refractivity contribution in [1.29, 1.82) is 0 Å². The summed E-state index contributed by atoms with van der Waals surface area (Å²) in [5, 5.41) is 0. The summed E-state index contributed by atoms with van der Waals surface area (Å²) in [7, 11) is 0. The summed E-state index contributed by atoms with van der Waals surface area (Å²) in [4.78, 5) is 12.3. The zero-order chi connectivity index (χ0) is 15.5. The van der Waals surface area contributed by atoms with Gasteiger partial charge in [-0.3, -0.25) is 4.79 Å². The first-order chi connectivity index (χ1) is 10.6. The zero-order valence-corrected chi connectivity index (χ0v) is 11.8. The van der Waals surface area contributed by atoms with Crippen LogP contribution in [0.4, 0.5) is 10.1 Å². The highest BCUT2D eigenvalue weighted by atomic mass is 19.1. The Labute approximate surface area is 128 Å². The van der Waals surface area contributed by atoms with E-state index in [0.29, 0.717) is 22.4 Å². The second kappa shape index (κ2) is 5.82. The van der Waals surface area contributed by atoms with Gasteiger partial charge >= 0.3 is 0 Å². The van der Waals surface area contributed by atoms with Gasteiger partial charge in [-0.2, -0.15) is 0 Å². The number of nitrogens with two attached hydrogens (primary N) is 1. The molecule has 0 aliphatic heterocycles. The summed E-state index contributed by atoms with van der Waals surface area (Å²) < 4.78 is 13.4. The predicted octanol–water partition coefficient (Wildman–Crippen LogP) is 4.31. The highest BCUT2D eigenvalue weighted by molar-refractivity contribution is 6.09. The van der Waals surface area contributed by atoms with E-state index in [-0.39, 0.29) is 11.6 Å². The van der Waals surface area contributed by atoms with Crippen LogP contribution in [0.3, 0.4) is 0 Å². The van der Waals surface area contributed by atoms with Gasteiger partial charge in [-0.05, 0) is 23.8 Å². The highest BCUT2D eigenvalue weighted by Gasteiger charge is 2.09. The highest BCUT2D eigenvalue weighted by Crippen LogP contribution is 2.27. The quantitative estimate of drug-likeness (QED) is 0.577. The molecule has 22 heavy (non-hydrogen) atoms. The summed E-state index contributed by atoms with van der Waals surface area (Å²) in [6.07, 6.45) is 0. The second-order valence-corrected chi connectivity index (χ2v) is 5.00. The molecule has 3 aromatic rings. The van der Waals surface area contributed by atoms with Gasteiger partial charge in [-0.1, -0.05) is 54.6 Å². The van der Waals surface area contributed by atoms with E-state index in [2.05, 4.69) is 0 Å². The van der Waals surface area contributed by atoms with E-state index in [1.54, 1.807) is 36.4 Å². The third-order valence-corrected chi connectivity index (χ3v) is 3.51. The molecule has 0 spiro atoms. The smallest absolute Gasteiger partial charge is 0.193 e. The first-order valence-electron chi connectivity index (χ1n) is 6.90. The monoisotopic (exact) mass is 291 g/mol. The van der Waals surface area contributed by atoms with Gasteiger partial charge < -0.3 is 5.73 Å². The van der Waals surface area contributed by atoms with E-state index in [0.717, 1.165) is 5.56 Å². The van der Waals surface area contributed by atoms with Crippen molar-refractivity contribution >= 4 is 11.5 Å². The van der Waals surface area contributed by atoms with Gasteiger partial charge in [0.25, 0.3) is 0 Å². The number of carbonyl (C=O) groups excluding carboxylic acids is 1. The molecule has 2 N–H and O–H groups in total. The molecular formula is C19H14FNO. The molecular weight excluding hydrogens is 277 g/mol. The minimum Gasteiger partial charge on any atom is -0.398 e. The summed E-state index contributed by atoms with van der Waals surface area (Å²) >= 11 is 0. The number of nitrogen functional groups attached to an aromatic ring is 1. The van der Waals surface area contributed by atoms with Crippen molar-refractivity contribution < 1.29 is 9.18 Å². The van der Waals surface area contributed by atoms with E-state index in [1.165, 1.54) is 18.2 Å². The Morgan fingerprint density at radius 2 is 1.45 bits per heavy atom. The lowest BCUT2D eigenvalue weighted by molar-refractivity contribution is 0.103. The fourth-order valence-corrected chi connectivity index (χ4v) is 2.34. The molecule has 0 radical (unpaired) electrons. The molecule has 2 nitrogen and oxygen atoms in total. The Balaban J connectivity index is 1.93. The van der Waals surface area contributed by atoms with Crippen LogP contribution in [0.5, 0.6) is 0 Å². The van der Waals surface area contributed by atoms with Crippen LogP contribution in [-0.2, 0) is 0 Å². The van der Waals surface area contributed by atoms with Crippen molar-refractivity contribution in [3.05, 3.63) is 89.7 Å². The Morgan fingerprint density at radius 1 is 0.818 bits per heavy atom. The van der Waals surface area contributed by atoms with Crippen LogP contribution in [-0.4, -0.2) is 5.78 Å². The molecule has 0 atom stereocenters. The molecule has 3 rings (SSSR count). The van der Waals surface area contributed by atoms with Crippen LogP contribution in [0, 0.1) is 5.82 Å². The molecule has 0 amide bonds. The van der Waals surface area contributed by atoms with Gasteiger partial charge in [0.1, 0.15) is 5.82 Å². The lowest BCUT2D eigenvalue weighted by atomic mass is 9.98.